The number of nitrogens with two attached hydrogens (primary N) is 1. The maximum atomic E-state index is 11.6. The highest BCUT2D eigenvalue weighted by Crippen LogP contribution is 2.44. The van der Waals surface area contributed by atoms with E-state index in [0.29, 0.717) is 11.8 Å². The molecule has 1 heterocycles. The molecule has 3 N–H and O–H groups in total. The predicted octanol–water partition coefficient (Wildman–Crippen LogP) is 1.63. The van der Waals surface area contributed by atoms with Gasteiger partial charge < -0.3 is 15.6 Å². The van der Waals surface area contributed by atoms with Crippen LogP contribution in [0.4, 0.5) is 0 Å². The number of carboxylic acids is 1. The van der Waals surface area contributed by atoms with Gasteiger partial charge in [0.1, 0.15) is 0 Å². The van der Waals surface area contributed by atoms with Crippen LogP contribution in [0.3, 0.4) is 0 Å². The van der Waals surface area contributed by atoms with Gasteiger partial charge in [0, 0.05) is 19.8 Å². The van der Waals surface area contributed by atoms with Crippen LogP contribution in [-0.2, 0) is 9.53 Å². The van der Waals surface area contributed by atoms with E-state index in [1.54, 1.807) is 0 Å². The fourth-order valence-corrected chi connectivity index (χ4v) is 2.89. The van der Waals surface area contributed by atoms with E-state index in [1.165, 1.54) is 12.8 Å². The molecule has 2 aliphatic rings. The van der Waals surface area contributed by atoms with Crippen molar-refractivity contribution in [2.24, 2.45) is 23.0 Å². The Bertz CT molecular complexity index is 272. The molecule has 2 rings (SSSR count). The number of hydrogen-bond acceptors (Lipinski definition) is 3. The largest absolute Gasteiger partial charge is 0.481 e. The minimum absolute atomic E-state index is 0.274. The van der Waals surface area contributed by atoms with E-state index in [2.05, 4.69) is 0 Å². The molecule has 98 valence electrons. The highest BCUT2D eigenvalue weighted by atomic mass is 16.5. The first kappa shape index (κ1) is 12.8. The van der Waals surface area contributed by atoms with Crippen molar-refractivity contribution in [2.45, 2.75) is 38.5 Å². The first-order chi connectivity index (χ1) is 8.16. The topological polar surface area (TPSA) is 72.5 Å². The monoisotopic (exact) mass is 241 g/mol. The lowest BCUT2D eigenvalue weighted by molar-refractivity contribution is -0.151. The number of rotatable bonds is 6. The Morgan fingerprint density at radius 2 is 1.71 bits per heavy atom. The van der Waals surface area contributed by atoms with Gasteiger partial charge in [0.25, 0.3) is 0 Å². The van der Waals surface area contributed by atoms with Crippen molar-refractivity contribution in [1.29, 1.82) is 0 Å². The van der Waals surface area contributed by atoms with E-state index in [4.69, 9.17) is 10.5 Å². The molecule has 4 nitrogen and oxygen atoms in total. The standard InChI is InChI=1S/C13H23NO3/c14-9-13(12(15)16,7-10-1-2-10)8-11-3-5-17-6-4-11/h10-11H,1-9,14H2,(H,15,16). The average molecular weight is 241 g/mol. The summed E-state index contributed by atoms with van der Waals surface area (Å²) in [5, 5.41) is 9.52. The van der Waals surface area contributed by atoms with Crippen molar-refractivity contribution in [3.05, 3.63) is 0 Å². The zero-order valence-electron chi connectivity index (χ0n) is 10.4. The van der Waals surface area contributed by atoms with Gasteiger partial charge in [0.2, 0.25) is 0 Å². The van der Waals surface area contributed by atoms with Crippen LogP contribution in [0.2, 0.25) is 0 Å². The molecule has 1 unspecified atom stereocenters. The molecule has 0 radical (unpaired) electrons. The third kappa shape index (κ3) is 3.19. The zero-order chi connectivity index (χ0) is 12.3. The van der Waals surface area contributed by atoms with E-state index < -0.39 is 11.4 Å². The van der Waals surface area contributed by atoms with E-state index >= 15 is 0 Å². The summed E-state index contributed by atoms with van der Waals surface area (Å²) in [5.41, 5.74) is 5.11. The van der Waals surface area contributed by atoms with Crippen LogP contribution < -0.4 is 5.73 Å². The van der Waals surface area contributed by atoms with Crippen molar-refractivity contribution >= 4 is 5.97 Å². The van der Waals surface area contributed by atoms with Gasteiger partial charge in [-0.3, -0.25) is 4.79 Å². The van der Waals surface area contributed by atoms with Crippen molar-refractivity contribution in [3.63, 3.8) is 0 Å². The lowest BCUT2D eigenvalue weighted by Crippen LogP contribution is -2.41. The molecule has 4 heteroatoms. The van der Waals surface area contributed by atoms with Crippen LogP contribution in [0.15, 0.2) is 0 Å². The Balaban J connectivity index is 1.99. The first-order valence-corrected chi connectivity index (χ1v) is 6.67. The Hall–Kier alpha value is -0.610. The van der Waals surface area contributed by atoms with Gasteiger partial charge >= 0.3 is 5.97 Å². The second-order valence-electron chi connectivity index (χ2n) is 5.70. The molecule has 0 spiro atoms. The highest BCUT2D eigenvalue weighted by molar-refractivity contribution is 5.75. The van der Waals surface area contributed by atoms with Crippen molar-refractivity contribution in [2.75, 3.05) is 19.8 Å². The summed E-state index contributed by atoms with van der Waals surface area (Å²) in [6.07, 6.45) is 5.85. The zero-order valence-corrected chi connectivity index (χ0v) is 10.4. The van der Waals surface area contributed by atoms with Gasteiger partial charge in [0.05, 0.1) is 5.41 Å². The lowest BCUT2D eigenvalue weighted by atomic mass is 9.73. The Labute approximate surface area is 103 Å². The average Bonchev–Trinajstić information content (AvgIpc) is 3.13. The van der Waals surface area contributed by atoms with Crippen molar-refractivity contribution in [3.8, 4) is 0 Å². The van der Waals surface area contributed by atoms with Gasteiger partial charge in [-0.25, -0.2) is 0 Å². The first-order valence-electron chi connectivity index (χ1n) is 6.67. The molecule has 1 saturated carbocycles. The Kier molecular flexibility index (Phi) is 4.05. The second-order valence-corrected chi connectivity index (χ2v) is 5.70. The normalized spacial score (nSPS) is 25.5. The summed E-state index contributed by atoms with van der Waals surface area (Å²) < 4.78 is 5.32. The molecule has 17 heavy (non-hydrogen) atoms. The number of carbonyl (C=O) groups is 1. The van der Waals surface area contributed by atoms with E-state index in [1.807, 2.05) is 0 Å². The molecular formula is C13H23NO3. The molecule has 2 fully saturated rings. The summed E-state index contributed by atoms with van der Waals surface area (Å²) in [6, 6.07) is 0. The molecule has 0 amide bonds. The van der Waals surface area contributed by atoms with Crippen molar-refractivity contribution < 1.29 is 14.6 Å². The summed E-state index contributed by atoms with van der Waals surface area (Å²) >= 11 is 0. The number of carboxylic acid groups (broad SMARTS) is 1. The molecule has 0 aromatic heterocycles. The van der Waals surface area contributed by atoms with Gasteiger partial charge in [-0.1, -0.05) is 12.8 Å². The fraction of sp³-hybridized carbons (Fsp3) is 0.923. The third-order valence-corrected chi connectivity index (χ3v) is 4.24. The highest BCUT2D eigenvalue weighted by Gasteiger charge is 2.43. The van der Waals surface area contributed by atoms with E-state index in [9.17, 15) is 9.90 Å². The summed E-state index contributed by atoms with van der Waals surface area (Å²) in [6.45, 7) is 1.82. The molecule has 1 saturated heterocycles. The Morgan fingerprint density at radius 1 is 1.18 bits per heavy atom. The summed E-state index contributed by atoms with van der Waals surface area (Å²) in [5.74, 6) is 0.384. The van der Waals surface area contributed by atoms with Crippen LogP contribution in [0, 0.1) is 17.3 Å². The van der Waals surface area contributed by atoms with Crippen LogP contribution >= 0.6 is 0 Å². The number of ether oxygens (including phenoxy) is 1. The molecule has 0 aromatic rings. The van der Waals surface area contributed by atoms with Crippen LogP contribution in [0.25, 0.3) is 0 Å². The lowest BCUT2D eigenvalue weighted by Gasteiger charge is -2.33. The van der Waals surface area contributed by atoms with Gasteiger partial charge in [0.15, 0.2) is 0 Å². The smallest absolute Gasteiger partial charge is 0.310 e. The maximum absolute atomic E-state index is 11.6. The van der Waals surface area contributed by atoms with Crippen molar-refractivity contribution in [1.82, 2.24) is 0 Å². The number of hydrogen-bond donors (Lipinski definition) is 2. The molecule has 1 aliphatic carbocycles. The predicted molar refractivity (Wildman–Crippen MR) is 64.6 cm³/mol. The fourth-order valence-electron chi connectivity index (χ4n) is 2.89. The van der Waals surface area contributed by atoms with Crippen LogP contribution in [-0.4, -0.2) is 30.8 Å². The van der Waals surface area contributed by atoms with Crippen LogP contribution in [0.5, 0.6) is 0 Å². The molecule has 0 aromatic carbocycles. The Morgan fingerprint density at radius 3 is 2.12 bits per heavy atom. The van der Waals surface area contributed by atoms with Gasteiger partial charge in [-0.15, -0.1) is 0 Å². The molecular weight excluding hydrogens is 218 g/mol. The summed E-state index contributed by atoms with van der Waals surface area (Å²) in [4.78, 5) is 11.6. The summed E-state index contributed by atoms with van der Waals surface area (Å²) in [7, 11) is 0. The molecule has 0 bridgehead atoms. The third-order valence-electron chi connectivity index (χ3n) is 4.24. The number of aliphatic carboxylic acids is 1. The molecule has 1 aliphatic heterocycles. The van der Waals surface area contributed by atoms with Gasteiger partial charge in [-0.05, 0) is 37.5 Å². The minimum Gasteiger partial charge on any atom is -0.481 e. The van der Waals surface area contributed by atoms with E-state index in [-0.39, 0.29) is 6.54 Å². The molecule has 1 atom stereocenters. The quantitative estimate of drug-likeness (QED) is 0.741. The SMILES string of the molecule is NCC(CC1CCOCC1)(CC1CC1)C(=O)O. The second kappa shape index (κ2) is 5.36. The maximum Gasteiger partial charge on any atom is 0.310 e. The minimum atomic E-state index is -0.696. The van der Waals surface area contributed by atoms with E-state index in [0.717, 1.165) is 38.9 Å². The van der Waals surface area contributed by atoms with Crippen LogP contribution in [0.1, 0.15) is 38.5 Å². The van der Waals surface area contributed by atoms with Gasteiger partial charge in [-0.2, -0.15) is 0 Å².